The number of thioether (sulfide) groups is 1. The Balaban J connectivity index is 1.73. The fraction of sp³-hybridized carbons (Fsp3) is 0.176. The summed E-state index contributed by atoms with van der Waals surface area (Å²) in [7, 11) is -1.71. The van der Waals surface area contributed by atoms with Crippen molar-refractivity contribution in [3.05, 3.63) is 60.9 Å². The van der Waals surface area contributed by atoms with Crippen LogP contribution in [0.4, 0.5) is 0 Å². The highest BCUT2D eigenvalue weighted by atomic mass is 32.2. The Kier molecular flexibility index (Phi) is 5.40. The summed E-state index contributed by atoms with van der Waals surface area (Å²) in [5.41, 5.74) is 0.809. The predicted molar refractivity (Wildman–Crippen MR) is 97.1 cm³/mol. The second-order valence-electron chi connectivity index (χ2n) is 5.14. The van der Waals surface area contributed by atoms with Crippen LogP contribution in [0.3, 0.4) is 0 Å². The number of nitrogens with zero attached hydrogens (tertiary/aromatic N) is 3. The molecule has 0 radical (unpaired) electrons. The van der Waals surface area contributed by atoms with E-state index < -0.39 is 9.84 Å². The summed E-state index contributed by atoms with van der Waals surface area (Å²) in [5.74, 6) is 1.10. The van der Waals surface area contributed by atoms with Crippen LogP contribution in [-0.2, 0) is 9.84 Å². The number of rotatable bonds is 7. The van der Waals surface area contributed by atoms with E-state index in [1.807, 2.05) is 24.3 Å². The van der Waals surface area contributed by atoms with Gasteiger partial charge in [-0.1, -0.05) is 42.1 Å². The van der Waals surface area contributed by atoms with E-state index in [1.165, 1.54) is 11.8 Å². The quantitative estimate of drug-likeness (QED) is 0.591. The van der Waals surface area contributed by atoms with Gasteiger partial charge in [-0.15, -0.1) is 10.2 Å². The van der Waals surface area contributed by atoms with Gasteiger partial charge < -0.3 is 4.74 Å². The Morgan fingerprint density at radius 1 is 1.08 bits per heavy atom. The zero-order valence-corrected chi connectivity index (χ0v) is 15.2. The first-order valence-electron chi connectivity index (χ1n) is 7.56. The zero-order chi connectivity index (χ0) is 17.7. The number of sulfone groups is 1. The molecule has 1 aromatic heterocycles. The van der Waals surface area contributed by atoms with Gasteiger partial charge in [0.25, 0.3) is 0 Å². The minimum Gasteiger partial charge on any atom is -0.495 e. The van der Waals surface area contributed by atoms with Gasteiger partial charge in [-0.25, -0.2) is 8.42 Å². The molecule has 0 amide bonds. The third-order valence-electron chi connectivity index (χ3n) is 3.55. The average molecular weight is 375 g/mol. The Hall–Kier alpha value is -2.32. The van der Waals surface area contributed by atoms with Gasteiger partial charge in [0.05, 0.1) is 23.4 Å². The maximum Gasteiger partial charge on any atom is 0.195 e. The summed E-state index contributed by atoms with van der Waals surface area (Å²) in [6, 6.07) is 16.0. The lowest BCUT2D eigenvalue weighted by Gasteiger charge is -2.10. The van der Waals surface area contributed by atoms with Crippen LogP contribution in [0, 0.1) is 0 Å². The molecule has 0 bridgehead atoms. The molecule has 0 saturated carbocycles. The molecule has 25 heavy (non-hydrogen) atoms. The summed E-state index contributed by atoms with van der Waals surface area (Å²) in [4.78, 5) is 0.335. The maximum atomic E-state index is 12.3. The molecular weight excluding hydrogens is 358 g/mol. The van der Waals surface area contributed by atoms with Crippen molar-refractivity contribution in [1.29, 1.82) is 0 Å². The molecule has 0 unspecified atom stereocenters. The lowest BCUT2D eigenvalue weighted by atomic mass is 10.3. The summed E-state index contributed by atoms with van der Waals surface area (Å²) in [6.45, 7) is 0. The molecule has 130 valence electrons. The molecule has 0 aliphatic carbocycles. The van der Waals surface area contributed by atoms with E-state index >= 15 is 0 Å². The van der Waals surface area contributed by atoms with Crippen molar-refractivity contribution in [3.8, 4) is 11.4 Å². The Morgan fingerprint density at radius 3 is 2.56 bits per heavy atom. The van der Waals surface area contributed by atoms with E-state index in [9.17, 15) is 8.42 Å². The first-order valence-corrected chi connectivity index (χ1v) is 10.2. The number of para-hydroxylation sites is 2. The molecule has 0 atom stereocenters. The molecule has 0 aliphatic heterocycles. The highest BCUT2D eigenvalue weighted by molar-refractivity contribution is 8.00. The van der Waals surface area contributed by atoms with Crippen LogP contribution in [0.5, 0.6) is 5.75 Å². The van der Waals surface area contributed by atoms with Gasteiger partial charge in [0, 0.05) is 5.75 Å². The van der Waals surface area contributed by atoms with Crippen molar-refractivity contribution in [1.82, 2.24) is 14.8 Å². The first kappa shape index (κ1) is 17.5. The minimum absolute atomic E-state index is 0.0282. The van der Waals surface area contributed by atoms with E-state index in [0.717, 1.165) is 5.69 Å². The molecular formula is C17H17N3O3S2. The second kappa shape index (κ2) is 7.71. The molecule has 0 N–H and O–H groups in total. The molecule has 0 spiro atoms. The van der Waals surface area contributed by atoms with E-state index in [1.54, 1.807) is 48.3 Å². The van der Waals surface area contributed by atoms with Gasteiger partial charge >= 0.3 is 0 Å². The van der Waals surface area contributed by atoms with Crippen molar-refractivity contribution in [3.63, 3.8) is 0 Å². The summed E-state index contributed by atoms with van der Waals surface area (Å²) < 4.78 is 31.8. The fourth-order valence-corrected chi connectivity index (χ4v) is 4.90. The van der Waals surface area contributed by atoms with Crippen molar-refractivity contribution in [2.24, 2.45) is 0 Å². The number of benzene rings is 2. The van der Waals surface area contributed by atoms with Crippen LogP contribution < -0.4 is 4.74 Å². The van der Waals surface area contributed by atoms with Gasteiger partial charge in [0.15, 0.2) is 15.0 Å². The third kappa shape index (κ3) is 4.02. The molecule has 3 rings (SSSR count). The predicted octanol–water partition coefficient (Wildman–Crippen LogP) is 2.84. The van der Waals surface area contributed by atoms with Crippen LogP contribution in [0.1, 0.15) is 0 Å². The fourth-order valence-electron chi connectivity index (χ4n) is 2.31. The van der Waals surface area contributed by atoms with Gasteiger partial charge in [0.1, 0.15) is 12.1 Å². The van der Waals surface area contributed by atoms with Crippen LogP contribution >= 0.6 is 11.8 Å². The molecule has 0 saturated heterocycles. The molecule has 1 heterocycles. The zero-order valence-electron chi connectivity index (χ0n) is 13.6. The molecule has 0 fully saturated rings. The van der Waals surface area contributed by atoms with E-state index in [4.69, 9.17) is 4.74 Å². The number of aromatic nitrogens is 3. The number of ether oxygens (including phenoxy) is 1. The topological polar surface area (TPSA) is 74.1 Å². The molecule has 8 heteroatoms. The van der Waals surface area contributed by atoms with E-state index in [-0.39, 0.29) is 5.75 Å². The molecule has 0 aliphatic rings. The van der Waals surface area contributed by atoms with Crippen molar-refractivity contribution in [2.75, 3.05) is 18.6 Å². The Labute approximate surface area is 150 Å². The second-order valence-corrected chi connectivity index (χ2v) is 8.31. The van der Waals surface area contributed by atoms with Gasteiger partial charge in [-0.2, -0.15) is 0 Å². The maximum absolute atomic E-state index is 12.3. The first-order chi connectivity index (χ1) is 12.1. The molecule has 2 aromatic carbocycles. The summed E-state index contributed by atoms with van der Waals surface area (Å²) in [6.07, 6.45) is 1.59. The third-order valence-corrected chi connectivity index (χ3v) is 6.48. The van der Waals surface area contributed by atoms with Crippen molar-refractivity contribution in [2.45, 2.75) is 10.1 Å². The van der Waals surface area contributed by atoms with E-state index in [0.29, 0.717) is 21.6 Å². The van der Waals surface area contributed by atoms with Gasteiger partial charge in [-0.05, 0) is 24.3 Å². The van der Waals surface area contributed by atoms with Crippen molar-refractivity contribution < 1.29 is 13.2 Å². The van der Waals surface area contributed by atoms with Crippen LogP contribution in [0.15, 0.2) is 71.0 Å². The largest absolute Gasteiger partial charge is 0.495 e. The highest BCUT2D eigenvalue weighted by Gasteiger charge is 2.16. The Bertz CT molecular complexity index is 941. The SMILES string of the molecule is COc1ccccc1-n1cnnc1SCCS(=O)(=O)c1ccccc1. The smallest absolute Gasteiger partial charge is 0.195 e. The van der Waals surface area contributed by atoms with Crippen LogP contribution in [0.2, 0.25) is 0 Å². The Morgan fingerprint density at radius 2 is 1.80 bits per heavy atom. The van der Waals surface area contributed by atoms with Crippen molar-refractivity contribution >= 4 is 21.6 Å². The van der Waals surface area contributed by atoms with Gasteiger partial charge in [0.2, 0.25) is 0 Å². The van der Waals surface area contributed by atoms with Gasteiger partial charge in [-0.3, -0.25) is 4.57 Å². The lowest BCUT2D eigenvalue weighted by Crippen LogP contribution is -2.09. The van der Waals surface area contributed by atoms with Crippen LogP contribution in [-0.4, -0.2) is 41.8 Å². The standard InChI is InChI=1S/C17H17N3O3S2/c1-23-16-10-6-5-9-15(16)20-13-18-19-17(20)24-11-12-25(21,22)14-7-3-2-4-8-14/h2-10,13H,11-12H2,1H3. The summed E-state index contributed by atoms with van der Waals surface area (Å²) >= 11 is 1.34. The lowest BCUT2D eigenvalue weighted by molar-refractivity contribution is 0.412. The monoisotopic (exact) mass is 375 g/mol. The minimum atomic E-state index is -3.31. The van der Waals surface area contributed by atoms with E-state index in [2.05, 4.69) is 10.2 Å². The average Bonchev–Trinajstić information content (AvgIpc) is 3.10. The normalized spacial score (nSPS) is 11.4. The number of methoxy groups -OCH3 is 1. The summed E-state index contributed by atoms with van der Waals surface area (Å²) in [5, 5.41) is 8.64. The molecule has 6 nitrogen and oxygen atoms in total. The number of hydrogen-bond donors (Lipinski definition) is 0. The molecule has 3 aromatic rings. The highest BCUT2D eigenvalue weighted by Crippen LogP contribution is 2.26. The number of hydrogen-bond acceptors (Lipinski definition) is 6. The van der Waals surface area contributed by atoms with Crippen LogP contribution in [0.25, 0.3) is 5.69 Å².